The van der Waals surface area contributed by atoms with Gasteiger partial charge in [0.15, 0.2) is 0 Å². The van der Waals surface area contributed by atoms with Crippen molar-refractivity contribution in [1.82, 2.24) is 20.9 Å². The summed E-state index contributed by atoms with van der Waals surface area (Å²) in [5.74, 6) is -0.332. The Labute approximate surface area is 190 Å². The van der Waals surface area contributed by atoms with E-state index in [1.54, 1.807) is 0 Å². The first-order chi connectivity index (χ1) is 14.4. The lowest BCUT2D eigenvalue weighted by atomic mass is 9.72. The molecule has 2 amide bonds. The molecule has 1 saturated heterocycles. The number of allylic oxidation sites excluding steroid dienone is 1. The van der Waals surface area contributed by atoms with Crippen molar-refractivity contribution in [1.29, 1.82) is 0 Å². The molecule has 0 aromatic heterocycles. The monoisotopic (exact) mass is 437 g/mol. The summed E-state index contributed by atoms with van der Waals surface area (Å²) >= 11 is 0. The minimum Gasteiger partial charge on any atom is -0.329 e. The van der Waals surface area contributed by atoms with Crippen LogP contribution in [0.1, 0.15) is 60.3 Å². The van der Waals surface area contributed by atoms with Crippen LogP contribution in [-0.2, 0) is 9.59 Å². The van der Waals surface area contributed by atoms with Gasteiger partial charge >= 0.3 is 0 Å². The standard InChI is InChI=1S/C24H47N5O2/c1-19(17-24(5,6)18-23(2,3)4)15-20-16-21(30)29(22(20)31)14-13-28-12-11-27-10-9-26-8-7-25/h20,26-28H,1,7-18,25H2,2-6H3. The van der Waals surface area contributed by atoms with E-state index < -0.39 is 0 Å². The summed E-state index contributed by atoms with van der Waals surface area (Å²) in [6.07, 6.45) is 2.91. The number of carbonyl (C=O) groups excluding carboxylic acids is 2. The fourth-order valence-electron chi connectivity index (χ4n) is 4.76. The lowest BCUT2D eigenvalue weighted by molar-refractivity contribution is -0.139. The predicted molar refractivity (Wildman–Crippen MR) is 129 cm³/mol. The fourth-order valence-corrected chi connectivity index (χ4v) is 4.76. The Kier molecular flexibility index (Phi) is 11.9. The lowest BCUT2D eigenvalue weighted by Gasteiger charge is -2.33. The summed E-state index contributed by atoms with van der Waals surface area (Å²) in [6, 6.07) is 0. The number of hydrogen-bond donors (Lipinski definition) is 4. The van der Waals surface area contributed by atoms with E-state index in [0.29, 0.717) is 32.5 Å². The number of imide groups is 1. The highest BCUT2D eigenvalue weighted by atomic mass is 16.2. The molecule has 0 spiro atoms. The van der Waals surface area contributed by atoms with Gasteiger partial charge in [-0.1, -0.05) is 46.8 Å². The summed E-state index contributed by atoms with van der Waals surface area (Å²) in [6.45, 7) is 21.5. The molecule has 0 aliphatic carbocycles. The van der Waals surface area contributed by atoms with E-state index in [1.807, 2.05) is 0 Å². The minimum atomic E-state index is -0.242. The van der Waals surface area contributed by atoms with Crippen LogP contribution in [0.3, 0.4) is 0 Å². The van der Waals surface area contributed by atoms with Crippen LogP contribution < -0.4 is 21.7 Å². The molecular formula is C24H47N5O2. The zero-order chi connectivity index (χ0) is 23.5. The van der Waals surface area contributed by atoms with E-state index >= 15 is 0 Å². The van der Waals surface area contributed by atoms with Crippen molar-refractivity contribution >= 4 is 11.8 Å². The van der Waals surface area contributed by atoms with Gasteiger partial charge in [0.25, 0.3) is 0 Å². The molecule has 31 heavy (non-hydrogen) atoms. The Morgan fingerprint density at radius 2 is 1.55 bits per heavy atom. The molecule has 1 fully saturated rings. The highest BCUT2D eigenvalue weighted by Crippen LogP contribution is 2.39. The first-order valence-corrected chi connectivity index (χ1v) is 11.8. The molecule has 180 valence electrons. The second kappa shape index (κ2) is 13.3. The molecular weight excluding hydrogens is 390 g/mol. The largest absolute Gasteiger partial charge is 0.329 e. The average Bonchev–Trinajstić information content (AvgIpc) is 2.87. The van der Waals surface area contributed by atoms with E-state index in [9.17, 15) is 9.59 Å². The van der Waals surface area contributed by atoms with Crippen LogP contribution in [0.15, 0.2) is 12.2 Å². The first-order valence-electron chi connectivity index (χ1n) is 11.8. The summed E-state index contributed by atoms with van der Waals surface area (Å²) in [4.78, 5) is 26.5. The van der Waals surface area contributed by atoms with Crippen molar-refractivity contribution < 1.29 is 9.59 Å². The molecule has 1 aliphatic rings. The number of likely N-dealkylation sites (tertiary alicyclic amines) is 1. The topological polar surface area (TPSA) is 99.5 Å². The smallest absolute Gasteiger partial charge is 0.233 e. The van der Waals surface area contributed by atoms with Crippen LogP contribution in [0.4, 0.5) is 0 Å². The zero-order valence-corrected chi connectivity index (χ0v) is 20.6. The molecule has 7 heteroatoms. The van der Waals surface area contributed by atoms with Gasteiger partial charge in [-0.2, -0.15) is 0 Å². The van der Waals surface area contributed by atoms with Crippen LogP contribution in [0, 0.1) is 16.7 Å². The third-order valence-corrected chi connectivity index (χ3v) is 5.40. The van der Waals surface area contributed by atoms with Gasteiger partial charge in [-0.25, -0.2) is 0 Å². The van der Waals surface area contributed by atoms with Crippen molar-refractivity contribution in [3.8, 4) is 0 Å². The molecule has 0 aromatic carbocycles. The Hall–Kier alpha value is -1.28. The SMILES string of the molecule is C=C(CC1CC(=O)N(CCNCCNCCNCCN)C1=O)CC(C)(C)CC(C)(C)C. The molecule has 1 heterocycles. The lowest BCUT2D eigenvalue weighted by Crippen LogP contribution is -2.39. The van der Waals surface area contributed by atoms with Gasteiger partial charge in [-0.05, 0) is 30.1 Å². The van der Waals surface area contributed by atoms with Gasteiger partial charge in [0.1, 0.15) is 0 Å². The highest BCUT2D eigenvalue weighted by molar-refractivity contribution is 6.03. The number of hydrogen-bond acceptors (Lipinski definition) is 6. The maximum Gasteiger partial charge on any atom is 0.233 e. The average molecular weight is 438 g/mol. The molecule has 0 saturated carbocycles. The van der Waals surface area contributed by atoms with Crippen molar-refractivity contribution in [3.05, 3.63) is 12.2 Å². The maximum atomic E-state index is 12.7. The Morgan fingerprint density at radius 1 is 1.00 bits per heavy atom. The molecule has 1 unspecified atom stereocenters. The van der Waals surface area contributed by atoms with Gasteiger partial charge in [-0.15, -0.1) is 0 Å². The first kappa shape index (κ1) is 27.8. The van der Waals surface area contributed by atoms with Crippen LogP contribution >= 0.6 is 0 Å². The molecule has 0 bridgehead atoms. The fraction of sp³-hybridized carbons (Fsp3) is 0.833. The van der Waals surface area contributed by atoms with Crippen molar-refractivity contribution in [2.24, 2.45) is 22.5 Å². The van der Waals surface area contributed by atoms with Gasteiger partial charge in [0.05, 0.1) is 5.92 Å². The number of rotatable bonds is 16. The van der Waals surface area contributed by atoms with E-state index in [2.05, 4.69) is 57.1 Å². The molecule has 0 radical (unpaired) electrons. The summed E-state index contributed by atoms with van der Waals surface area (Å²) < 4.78 is 0. The number of carbonyl (C=O) groups is 2. The van der Waals surface area contributed by atoms with Crippen LogP contribution in [0.25, 0.3) is 0 Å². The van der Waals surface area contributed by atoms with E-state index in [0.717, 1.165) is 51.1 Å². The van der Waals surface area contributed by atoms with Crippen molar-refractivity contribution in [2.75, 3.05) is 52.4 Å². The van der Waals surface area contributed by atoms with E-state index in [4.69, 9.17) is 5.73 Å². The Balaban J connectivity index is 2.28. The van der Waals surface area contributed by atoms with Crippen molar-refractivity contribution in [2.45, 2.75) is 60.3 Å². The molecule has 1 aliphatic heterocycles. The number of amides is 2. The zero-order valence-electron chi connectivity index (χ0n) is 20.6. The van der Waals surface area contributed by atoms with E-state index in [-0.39, 0.29) is 28.6 Å². The third kappa shape index (κ3) is 11.8. The number of nitrogens with two attached hydrogens (primary N) is 1. The maximum absolute atomic E-state index is 12.7. The molecule has 1 rings (SSSR count). The minimum absolute atomic E-state index is 0.0364. The number of nitrogens with zero attached hydrogens (tertiary/aromatic N) is 1. The number of nitrogens with one attached hydrogen (secondary N) is 3. The Bertz CT molecular complexity index is 583. The van der Waals surface area contributed by atoms with Crippen LogP contribution in [0.2, 0.25) is 0 Å². The normalized spacial score (nSPS) is 17.6. The molecule has 7 nitrogen and oxygen atoms in total. The predicted octanol–water partition coefficient (Wildman–Crippen LogP) is 1.89. The second-order valence-corrected chi connectivity index (χ2v) is 10.9. The summed E-state index contributed by atoms with van der Waals surface area (Å²) in [5.41, 5.74) is 6.89. The highest BCUT2D eigenvalue weighted by Gasteiger charge is 2.38. The van der Waals surface area contributed by atoms with Crippen molar-refractivity contribution in [3.63, 3.8) is 0 Å². The van der Waals surface area contributed by atoms with E-state index in [1.165, 1.54) is 4.90 Å². The summed E-state index contributed by atoms with van der Waals surface area (Å²) in [5, 5.41) is 9.85. The van der Waals surface area contributed by atoms with Gasteiger partial charge < -0.3 is 21.7 Å². The Morgan fingerprint density at radius 3 is 2.10 bits per heavy atom. The molecule has 5 N–H and O–H groups in total. The van der Waals surface area contributed by atoms with Gasteiger partial charge in [0, 0.05) is 58.8 Å². The molecule has 0 aromatic rings. The summed E-state index contributed by atoms with van der Waals surface area (Å²) in [7, 11) is 0. The quantitative estimate of drug-likeness (QED) is 0.167. The molecule has 1 atom stereocenters. The second-order valence-electron chi connectivity index (χ2n) is 10.9. The van der Waals surface area contributed by atoms with Gasteiger partial charge in [0.2, 0.25) is 11.8 Å². The van der Waals surface area contributed by atoms with Crippen LogP contribution in [0.5, 0.6) is 0 Å². The van der Waals surface area contributed by atoms with Crippen LogP contribution in [-0.4, -0.2) is 69.1 Å². The van der Waals surface area contributed by atoms with Gasteiger partial charge in [-0.3, -0.25) is 14.5 Å². The third-order valence-electron chi connectivity index (χ3n) is 5.40.